The van der Waals surface area contributed by atoms with Crippen molar-refractivity contribution >= 4 is 11.9 Å². The fourth-order valence-electron chi connectivity index (χ4n) is 1.49. The third-order valence-corrected chi connectivity index (χ3v) is 2.14. The Kier molecular flexibility index (Phi) is 2.30. The summed E-state index contributed by atoms with van der Waals surface area (Å²) in [6.45, 7) is 2.90. The molecule has 1 aromatic carbocycles. The van der Waals surface area contributed by atoms with E-state index in [4.69, 9.17) is 4.84 Å². The summed E-state index contributed by atoms with van der Waals surface area (Å²) in [5, 5.41) is 0. The van der Waals surface area contributed by atoms with Gasteiger partial charge in [-0.05, 0) is 6.42 Å². The van der Waals surface area contributed by atoms with Gasteiger partial charge in [-0.1, -0.05) is 25.1 Å². The summed E-state index contributed by atoms with van der Waals surface area (Å²) in [6, 6.07) is 8.34. The molecular weight excluding hydrogens is 162 g/mol. The van der Waals surface area contributed by atoms with Gasteiger partial charge in [0.05, 0.1) is 6.42 Å². The first-order chi connectivity index (χ1) is 6.42. The van der Waals surface area contributed by atoms with Gasteiger partial charge in [-0.15, -0.1) is 0 Å². The summed E-state index contributed by atoms with van der Waals surface area (Å²) in [7, 11) is 0. The molecule has 1 heterocycles. The maximum absolute atomic E-state index is 5.56. The summed E-state index contributed by atoms with van der Waals surface area (Å²) in [5.41, 5.74) is 2.54. The van der Waals surface area contributed by atoms with Crippen LogP contribution in [0.25, 0.3) is 0 Å². The second-order valence-electron chi connectivity index (χ2n) is 3.17. The van der Waals surface area contributed by atoms with E-state index in [1.165, 1.54) is 11.3 Å². The molecule has 1 aliphatic heterocycles. The van der Waals surface area contributed by atoms with Crippen molar-refractivity contribution in [2.45, 2.75) is 19.8 Å². The van der Waals surface area contributed by atoms with E-state index in [2.05, 4.69) is 31.3 Å². The highest BCUT2D eigenvalue weighted by molar-refractivity contribution is 5.66. The van der Waals surface area contributed by atoms with Crippen LogP contribution >= 0.6 is 0 Å². The molecule has 0 saturated carbocycles. The van der Waals surface area contributed by atoms with Crippen molar-refractivity contribution in [1.82, 2.24) is 0 Å². The van der Waals surface area contributed by atoms with Gasteiger partial charge in [0.25, 0.3) is 5.69 Å². The second-order valence-corrected chi connectivity index (χ2v) is 3.17. The van der Waals surface area contributed by atoms with Crippen LogP contribution in [-0.2, 0) is 11.3 Å². The molecule has 0 aliphatic carbocycles. The van der Waals surface area contributed by atoms with E-state index >= 15 is 0 Å². The Morgan fingerprint density at radius 3 is 3.08 bits per heavy atom. The highest BCUT2D eigenvalue weighted by Gasteiger charge is 2.22. The Bertz CT molecular complexity index is 331. The molecule has 0 aromatic heterocycles. The van der Waals surface area contributed by atoms with Gasteiger partial charge in [0.1, 0.15) is 0 Å². The van der Waals surface area contributed by atoms with Crippen LogP contribution in [0.2, 0.25) is 0 Å². The predicted octanol–water partition coefficient (Wildman–Crippen LogP) is 2.30. The molecule has 13 heavy (non-hydrogen) atoms. The lowest BCUT2D eigenvalue weighted by atomic mass is 10.2. The Labute approximate surface area is 78.4 Å². The minimum Gasteiger partial charge on any atom is -0.271 e. The van der Waals surface area contributed by atoms with Crippen molar-refractivity contribution < 1.29 is 9.58 Å². The van der Waals surface area contributed by atoms with Gasteiger partial charge >= 0.3 is 0 Å². The van der Waals surface area contributed by atoms with Crippen molar-refractivity contribution in [3.8, 4) is 0 Å². The largest absolute Gasteiger partial charge is 0.271 e. The first-order valence-corrected chi connectivity index (χ1v) is 4.75. The van der Waals surface area contributed by atoms with Crippen LogP contribution in [0.5, 0.6) is 0 Å². The van der Waals surface area contributed by atoms with Gasteiger partial charge in [-0.2, -0.15) is 0 Å². The molecule has 1 aliphatic rings. The first kappa shape index (κ1) is 8.30. The zero-order valence-corrected chi connectivity index (χ0v) is 7.86. The van der Waals surface area contributed by atoms with Gasteiger partial charge in [0.15, 0.2) is 6.61 Å². The molecular formula is C11H14NO+. The smallest absolute Gasteiger partial charge is 0.260 e. The van der Waals surface area contributed by atoms with E-state index in [-0.39, 0.29) is 0 Å². The van der Waals surface area contributed by atoms with Crippen molar-refractivity contribution in [3.05, 3.63) is 29.8 Å². The van der Waals surface area contributed by atoms with Crippen LogP contribution in [0.4, 0.5) is 5.69 Å². The molecule has 0 bridgehead atoms. The minimum atomic E-state index is 0.783. The SMILES string of the molecule is CCCO[N+]1=CCc2ccccc21. The maximum Gasteiger partial charge on any atom is 0.260 e. The molecule has 0 N–H and O–H groups in total. The van der Waals surface area contributed by atoms with Crippen LogP contribution in [-0.4, -0.2) is 17.6 Å². The topological polar surface area (TPSA) is 12.2 Å². The fraction of sp³-hybridized carbons (Fsp3) is 0.364. The number of hydrogen-bond donors (Lipinski definition) is 0. The van der Waals surface area contributed by atoms with Crippen LogP contribution in [0.15, 0.2) is 24.3 Å². The number of fused-ring (bicyclic) bond motifs is 1. The van der Waals surface area contributed by atoms with Gasteiger partial charge in [-0.3, -0.25) is 4.84 Å². The Balaban J connectivity index is 2.16. The normalized spacial score (nSPS) is 13.8. The molecule has 0 saturated heterocycles. The lowest BCUT2D eigenvalue weighted by Gasteiger charge is -1.98. The Morgan fingerprint density at radius 2 is 2.23 bits per heavy atom. The first-order valence-electron chi connectivity index (χ1n) is 4.75. The quantitative estimate of drug-likeness (QED) is 0.644. The molecule has 0 atom stereocenters. The van der Waals surface area contributed by atoms with Gasteiger partial charge in [0.2, 0.25) is 6.21 Å². The predicted molar refractivity (Wildman–Crippen MR) is 52.4 cm³/mol. The third-order valence-electron chi connectivity index (χ3n) is 2.14. The third kappa shape index (κ3) is 1.57. The lowest BCUT2D eigenvalue weighted by Crippen LogP contribution is -2.05. The molecule has 0 radical (unpaired) electrons. The van der Waals surface area contributed by atoms with E-state index < -0.39 is 0 Å². The van der Waals surface area contributed by atoms with Crippen LogP contribution in [0, 0.1) is 0 Å². The maximum atomic E-state index is 5.56. The number of rotatable bonds is 3. The molecule has 2 nitrogen and oxygen atoms in total. The summed E-state index contributed by atoms with van der Waals surface area (Å²) >= 11 is 0. The monoisotopic (exact) mass is 176 g/mol. The van der Waals surface area contributed by atoms with Crippen molar-refractivity contribution in [2.24, 2.45) is 0 Å². The van der Waals surface area contributed by atoms with E-state index in [9.17, 15) is 0 Å². The van der Waals surface area contributed by atoms with Gasteiger partial charge in [0, 0.05) is 16.4 Å². The molecule has 0 fully saturated rings. The Morgan fingerprint density at radius 1 is 1.38 bits per heavy atom. The summed E-state index contributed by atoms with van der Waals surface area (Å²) < 4.78 is 1.89. The standard InChI is InChI=1S/C11H14NO/c1-2-9-13-12-8-7-10-5-3-4-6-11(10)12/h3-6,8H,2,7,9H2,1H3/q+1. The van der Waals surface area contributed by atoms with Crippen molar-refractivity contribution in [1.29, 1.82) is 0 Å². The van der Waals surface area contributed by atoms with Crippen LogP contribution in [0.1, 0.15) is 18.9 Å². The number of hydrogen-bond acceptors (Lipinski definition) is 1. The van der Waals surface area contributed by atoms with Crippen molar-refractivity contribution in [2.75, 3.05) is 6.61 Å². The zero-order chi connectivity index (χ0) is 9.10. The van der Waals surface area contributed by atoms with E-state index in [0.717, 1.165) is 19.4 Å². The lowest BCUT2D eigenvalue weighted by molar-refractivity contribution is -0.724. The number of nitrogens with zero attached hydrogens (tertiary/aromatic N) is 1. The molecule has 1 aromatic rings. The van der Waals surface area contributed by atoms with E-state index in [1.54, 1.807) is 0 Å². The van der Waals surface area contributed by atoms with Crippen molar-refractivity contribution in [3.63, 3.8) is 0 Å². The zero-order valence-electron chi connectivity index (χ0n) is 7.86. The molecule has 2 rings (SSSR count). The number of para-hydroxylation sites is 1. The van der Waals surface area contributed by atoms with Gasteiger partial charge < -0.3 is 0 Å². The average molecular weight is 176 g/mol. The van der Waals surface area contributed by atoms with E-state index in [1.807, 2.05) is 10.8 Å². The highest BCUT2D eigenvalue weighted by Crippen LogP contribution is 2.22. The van der Waals surface area contributed by atoms with Gasteiger partial charge in [-0.25, -0.2) is 0 Å². The second kappa shape index (κ2) is 3.60. The Hall–Kier alpha value is -1.31. The summed E-state index contributed by atoms with van der Waals surface area (Å²) in [6.07, 6.45) is 4.12. The number of benzene rings is 1. The van der Waals surface area contributed by atoms with Crippen LogP contribution in [0.3, 0.4) is 0 Å². The highest BCUT2D eigenvalue weighted by atomic mass is 16.7. The molecule has 2 heteroatoms. The minimum absolute atomic E-state index is 0.783. The summed E-state index contributed by atoms with van der Waals surface area (Å²) in [5.74, 6) is 0. The summed E-state index contributed by atoms with van der Waals surface area (Å²) in [4.78, 5) is 5.56. The van der Waals surface area contributed by atoms with Crippen LogP contribution < -0.4 is 0 Å². The molecule has 0 amide bonds. The molecule has 0 spiro atoms. The molecule has 0 unspecified atom stereocenters. The average Bonchev–Trinajstić information content (AvgIpc) is 2.58. The fourth-order valence-corrected chi connectivity index (χ4v) is 1.49. The van der Waals surface area contributed by atoms with E-state index in [0.29, 0.717) is 0 Å². The molecule has 68 valence electrons.